The lowest BCUT2D eigenvalue weighted by Gasteiger charge is -2.28. The fourth-order valence-electron chi connectivity index (χ4n) is 2.22. The predicted octanol–water partition coefficient (Wildman–Crippen LogP) is 2.94. The number of fused-ring (bicyclic) bond motifs is 1. The van der Waals surface area contributed by atoms with Crippen LogP contribution < -0.4 is 9.47 Å². The normalized spacial score (nSPS) is 13.4. The highest BCUT2D eigenvalue weighted by Crippen LogP contribution is 2.34. The van der Waals surface area contributed by atoms with Crippen molar-refractivity contribution < 1.29 is 14.3 Å². The maximum Gasteiger partial charge on any atom is 0.257 e. The van der Waals surface area contributed by atoms with Crippen molar-refractivity contribution >= 4 is 17.5 Å². The molecule has 0 N–H and O–H groups in total. The summed E-state index contributed by atoms with van der Waals surface area (Å²) in [6.07, 6.45) is 0.776. The zero-order valence-corrected chi connectivity index (χ0v) is 12.7. The third-order valence-corrected chi connectivity index (χ3v) is 3.48. The summed E-state index contributed by atoms with van der Waals surface area (Å²) >= 11 is 5.73. The van der Waals surface area contributed by atoms with E-state index in [1.165, 1.54) is 0 Å². The van der Waals surface area contributed by atoms with Crippen molar-refractivity contribution in [2.75, 3.05) is 25.6 Å². The third-order valence-electron chi connectivity index (χ3n) is 3.21. The van der Waals surface area contributed by atoms with Gasteiger partial charge in [0.1, 0.15) is 13.2 Å². The molecule has 1 aromatic carbocycles. The first-order valence-electron chi connectivity index (χ1n) is 6.90. The van der Waals surface area contributed by atoms with Gasteiger partial charge in [0.15, 0.2) is 11.5 Å². The number of para-hydroxylation sites is 1. The van der Waals surface area contributed by atoms with Crippen molar-refractivity contribution in [3.63, 3.8) is 0 Å². The molecule has 0 aromatic heterocycles. The number of ether oxygens (including phenoxy) is 2. The van der Waals surface area contributed by atoms with E-state index >= 15 is 0 Å². The molecular formula is C15H20ClNO3. The molecule has 1 aliphatic rings. The van der Waals surface area contributed by atoms with Gasteiger partial charge in [-0.25, -0.2) is 0 Å². The van der Waals surface area contributed by atoms with Gasteiger partial charge in [0, 0.05) is 18.5 Å². The minimum absolute atomic E-state index is 0.0348. The number of hydrogen-bond donors (Lipinski definition) is 0. The van der Waals surface area contributed by atoms with Gasteiger partial charge in [0.2, 0.25) is 0 Å². The molecule has 1 aromatic rings. The number of carbonyl (C=O) groups excluding carboxylic acids is 1. The molecule has 0 bridgehead atoms. The fraction of sp³-hybridized carbons (Fsp3) is 0.533. The van der Waals surface area contributed by atoms with E-state index in [2.05, 4.69) is 0 Å². The number of benzene rings is 1. The molecule has 0 spiro atoms. The Hall–Kier alpha value is -1.42. The Morgan fingerprint density at radius 1 is 1.35 bits per heavy atom. The third kappa shape index (κ3) is 3.18. The standard InChI is InChI=1S/C15H20ClNO3/c1-11(2)17(8-4-7-16)15(18)12-5-3-6-13-14(12)20-10-9-19-13/h3,5-6,11H,4,7-10H2,1-2H3. The van der Waals surface area contributed by atoms with Crippen molar-refractivity contribution in [2.24, 2.45) is 0 Å². The van der Waals surface area contributed by atoms with E-state index < -0.39 is 0 Å². The second-order valence-electron chi connectivity index (χ2n) is 4.96. The second-order valence-corrected chi connectivity index (χ2v) is 5.34. The van der Waals surface area contributed by atoms with Gasteiger partial charge in [-0.05, 0) is 32.4 Å². The Kier molecular flexibility index (Phi) is 5.12. The number of hydrogen-bond acceptors (Lipinski definition) is 3. The molecule has 110 valence electrons. The highest BCUT2D eigenvalue weighted by Gasteiger charge is 2.25. The Morgan fingerprint density at radius 3 is 2.80 bits per heavy atom. The van der Waals surface area contributed by atoms with Gasteiger partial charge < -0.3 is 14.4 Å². The van der Waals surface area contributed by atoms with Crippen LogP contribution in [0.25, 0.3) is 0 Å². The molecule has 20 heavy (non-hydrogen) atoms. The molecule has 0 fully saturated rings. The maximum absolute atomic E-state index is 12.7. The van der Waals surface area contributed by atoms with Gasteiger partial charge in [0.05, 0.1) is 5.56 Å². The summed E-state index contributed by atoms with van der Waals surface area (Å²) in [7, 11) is 0. The van der Waals surface area contributed by atoms with E-state index in [1.807, 2.05) is 30.9 Å². The molecule has 1 heterocycles. The van der Waals surface area contributed by atoms with Gasteiger partial charge >= 0.3 is 0 Å². The predicted molar refractivity (Wildman–Crippen MR) is 78.9 cm³/mol. The Balaban J connectivity index is 2.27. The summed E-state index contributed by atoms with van der Waals surface area (Å²) in [5.41, 5.74) is 0.561. The molecule has 1 amide bonds. The molecule has 0 unspecified atom stereocenters. The summed E-state index contributed by atoms with van der Waals surface area (Å²) in [5.74, 6) is 1.71. The van der Waals surface area contributed by atoms with Crippen LogP contribution in [0.15, 0.2) is 18.2 Å². The molecule has 0 radical (unpaired) electrons. The number of carbonyl (C=O) groups is 1. The van der Waals surface area contributed by atoms with Crippen LogP contribution in [0.5, 0.6) is 11.5 Å². The van der Waals surface area contributed by atoms with Gasteiger partial charge in [0.25, 0.3) is 5.91 Å². The Morgan fingerprint density at radius 2 is 2.10 bits per heavy atom. The minimum atomic E-state index is -0.0348. The molecule has 0 saturated heterocycles. The molecule has 5 heteroatoms. The Labute approximate surface area is 124 Å². The molecule has 2 rings (SSSR count). The molecule has 1 aliphatic heterocycles. The summed E-state index contributed by atoms with van der Waals surface area (Å²) in [6.45, 7) is 5.63. The summed E-state index contributed by atoms with van der Waals surface area (Å²) in [4.78, 5) is 14.5. The smallest absolute Gasteiger partial charge is 0.257 e. The van der Waals surface area contributed by atoms with E-state index in [0.717, 1.165) is 6.42 Å². The van der Waals surface area contributed by atoms with E-state index in [9.17, 15) is 4.79 Å². The van der Waals surface area contributed by atoms with E-state index in [0.29, 0.717) is 42.7 Å². The van der Waals surface area contributed by atoms with Gasteiger partial charge in [-0.1, -0.05) is 6.07 Å². The average molecular weight is 298 g/mol. The SMILES string of the molecule is CC(C)N(CCCCl)C(=O)c1cccc2c1OCCO2. The zero-order valence-electron chi connectivity index (χ0n) is 11.9. The molecule has 0 saturated carbocycles. The van der Waals surface area contributed by atoms with Gasteiger partial charge in [-0.3, -0.25) is 4.79 Å². The highest BCUT2D eigenvalue weighted by atomic mass is 35.5. The Bertz CT molecular complexity index is 476. The minimum Gasteiger partial charge on any atom is -0.486 e. The lowest BCUT2D eigenvalue weighted by Crippen LogP contribution is -2.38. The van der Waals surface area contributed by atoms with Crippen LogP contribution in [-0.2, 0) is 0 Å². The lowest BCUT2D eigenvalue weighted by molar-refractivity contribution is 0.0696. The highest BCUT2D eigenvalue weighted by molar-refractivity contribution is 6.17. The number of halogens is 1. The van der Waals surface area contributed by atoms with Crippen LogP contribution in [0.1, 0.15) is 30.6 Å². The summed E-state index contributed by atoms with van der Waals surface area (Å²) < 4.78 is 11.1. The quantitative estimate of drug-likeness (QED) is 0.784. The van der Waals surface area contributed by atoms with Crippen LogP contribution in [0.3, 0.4) is 0 Å². The topological polar surface area (TPSA) is 38.8 Å². The van der Waals surface area contributed by atoms with Crippen molar-refractivity contribution in [2.45, 2.75) is 26.3 Å². The first-order valence-corrected chi connectivity index (χ1v) is 7.44. The van der Waals surface area contributed by atoms with Crippen LogP contribution in [0.2, 0.25) is 0 Å². The lowest BCUT2D eigenvalue weighted by atomic mass is 10.1. The van der Waals surface area contributed by atoms with Gasteiger partial charge in [-0.2, -0.15) is 0 Å². The first-order chi connectivity index (χ1) is 9.65. The van der Waals surface area contributed by atoms with E-state index in [4.69, 9.17) is 21.1 Å². The average Bonchev–Trinajstić information content (AvgIpc) is 2.46. The van der Waals surface area contributed by atoms with Crippen molar-refractivity contribution in [3.8, 4) is 11.5 Å². The van der Waals surface area contributed by atoms with Gasteiger partial charge in [-0.15, -0.1) is 11.6 Å². The van der Waals surface area contributed by atoms with Crippen LogP contribution in [0.4, 0.5) is 0 Å². The van der Waals surface area contributed by atoms with Crippen LogP contribution >= 0.6 is 11.6 Å². The first kappa shape index (κ1) is 15.0. The van der Waals surface area contributed by atoms with E-state index in [-0.39, 0.29) is 11.9 Å². The molecule has 4 nitrogen and oxygen atoms in total. The largest absolute Gasteiger partial charge is 0.486 e. The fourth-order valence-corrected chi connectivity index (χ4v) is 2.34. The second kappa shape index (κ2) is 6.84. The monoisotopic (exact) mass is 297 g/mol. The summed E-state index contributed by atoms with van der Waals surface area (Å²) in [6, 6.07) is 5.54. The molecule has 0 aliphatic carbocycles. The zero-order chi connectivity index (χ0) is 14.5. The van der Waals surface area contributed by atoms with Crippen LogP contribution in [-0.4, -0.2) is 42.5 Å². The number of nitrogens with zero attached hydrogens (tertiary/aromatic N) is 1. The molecular weight excluding hydrogens is 278 g/mol. The van der Waals surface area contributed by atoms with Crippen molar-refractivity contribution in [3.05, 3.63) is 23.8 Å². The van der Waals surface area contributed by atoms with Crippen LogP contribution in [0, 0.1) is 0 Å². The number of alkyl halides is 1. The number of rotatable bonds is 5. The summed E-state index contributed by atoms with van der Waals surface area (Å²) in [5, 5.41) is 0. The van der Waals surface area contributed by atoms with Crippen molar-refractivity contribution in [1.29, 1.82) is 0 Å². The van der Waals surface area contributed by atoms with E-state index in [1.54, 1.807) is 6.07 Å². The maximum atomic E-state index is 12.7. The number of amides is 1. The molecule has 0 atom stereocenters. The van der Waals surface area contributed by atoms with Crippen molar-refractivity contribution in [1.82, 2.24) is 4.90 Å².